The molecule has 0 saturated carbocycles. The van der Waals surface area contributed by atoms with E-state index in [4.69, 9.17) is 4.98 Å². The minimum absolute atomic E-state index is 0.763. The van der Waals surface area contributed by atoms with E-state index in [0.29, 0.717) is 0 Å². The van der Waals surface area contributed by atoms with E-state index < -0.39 is 0 Å². The summed E-state index contributed by atoms with van der Waals surface area (Å²) < 4.78 is 0. The molecule has 0 aliphatic rings. The van der Waals surface area contributed by atoms with E-state index >= 15 is 0 Å². The van der Waals surface area contributed by atoms with Crippen molar-refractivity contribution >= 4 is 33.6 Å². The van der Waals surface area contributed by atoms with Crippen LogP contribution in [-0.2, 0) is 0 Å². The Kier molecular flexibility index (Phi) is 4.64. The van der Waals surface area contributed by atoms with Crippen LogP contribution in [0.25, 0.3) is 32.6 Å². The molecule has 0 fully saturated rings. The Morgan fingerprint density at radius 3 is 2.31 bits per heavy atom. The highest BCUT2D eigenvalue weighted by molar-refractivity contribution is 7.19. The smallest absolute Gasteiger partial charge is 0.204 e. The van der Waals surface area contributed by atoms with Crippen molar-refractivity contribution in [2.45, 2.75) is 0 Å². The summed E-state index contributed by atoms with van der Waals surface area (Å²) in [7, 11) is 0. The molecule has 140 valence electrons. The van der Waals surface area contributed by atoms with Crippen LogP contribution in [0.15, 0.2) is 96.2 Å². The van der Waals surface area contributed by atoms with Gasteiger partial charge in [0.05, 0.1) is 16.8 Å². The molecule has 3 aromatic carbocycles. The molecule has 2 heterocycles. The summed E-state index contributed by atoms with van der Waals surface area (Å²) in [5.74, 6) is 0. The maximum absolute atomic E-state index is 4.82. The molecule has 0 amide bonds. The van der Waals surface area contributed by atoms with E-state index in [1.807, 2.05) is 60.9 Å². The molecular formula is C24H18N4S. The maximum atomic E-state index is 4.82. The number of nitrogens with one attached hydrogen (secondary N) is 2. The number of fused-ring (bicyclic) bond motifs is 1. The minimum Gasteiger partial charge on any atom is -0.361 e. The van der Waals surface area contributed by atoms with Crippen LogP contribution in [0.4, 0.5) is 5.13 Å². The van der Waals surface area contributed by atoms with Crippen LogP contribution in [0.5, 0.6) is 0 Å². The van der Waals surface area contributed by atoms with E-state index in [0.717, 1.165) is 43.3 Å². The van der Waals surface area contributed by atoms with Gasteiger partial charge in [0.25, 0.3) is 0 Å². The first-order chi connectivity index (χ1) is 14.4. The largest absolute Gasteiger partial charge is 0.361 e. The maximum Gasteiger partial charge on any atom is 0.204 e. The standard InChI is InChI=1S/C24H18N4S/c1-3-9-17(10-4-1)22-23(18-11-5-2-6-12-18)29-24(27-22)28-26-16-19-15-25-21-14-8-7-13-20(19)21/h1-16,25H,(H,27,28). The Morgan fingerprint density at radius 1 is 0.828 bits per heavy atom. The number of nitrogens with zero attached hydrogens (tertiary/aromatic N) is 2. The second kappa shape index (κ2) is 7.73. The van der Waals surface area contributed by atoms with Crippen LogP contribution in [0.3, 0.4) is 0 Å². The lowest BCUT2D eigenvalue weighted by molar-refractivity contribution is 1.29. The van der Waals surface area contributed by atoms with Crippen molar-refractivity contribution in [3.63, 3.8) is 0 Å². The molecule has 4 nitrogen and oxygen atoms in total. The number of benzene rings is 3. The van der Waals surface area contributed by atoms with Gasteiger partial charge in [-0.3, -0.25) is 5.43 Å². The van der Waals surface area contributed by atoms with Gasteiger partial charge in [0.15, 0.2) is 0 Å². The van der Waals surface area contributed by atoms with Crippen molar-refractivity contribution in [3.05, 3.63) is 96.7 Å². The molecule has 0 radical (unpaired) electrons. The SMILES string of the molecule is C(=NNc1nc(-c2ccccc2)c(-c2ccccc2)s1)c1c[nH]c2ccccc12. The second-order valence-electron chi connectivity index (χ2n) is 6.59. The van der Waals surface area contributed by atoms with Crippen molar-refractivity contribution in [1.29, 1.82) is 0 Å². The van der Waals surface area contributed by atoms with E-state index in [1.54, 1.807) is 11.3 Å². The van der Waals surface area contributed by atoms with Gasteiger partial charge < -0.3 is 4.98 Å². The van der Waals surface area contributed by atoms with Crippen LogP contribution in [0.2, 0.25) is 0 Å². The van der Waals surface area contributed by atoms with Crippen LogP contribution in [-0.4, -0.2) is 16.2 Å². The monoisotopic (exact) mass is 394 g/mol. The summed E-state index contributed by atoms with van der Waals surface area (Å²) in [6.45, 7) is 0. The van der Waals surface area contributed by atoms with E-state index in [9.17, 15) is 0 Å². The van der Waals surface area contributed by atoms with Crippen LogP contribution in [0, 0.1) is 0 Å². The van der Waals surface area contributed by atoms with Gasteiger partial charge in [0.2, 0.25) is 5.13 Å². The van der Waals surface area contributed by atoms with E-state index in [1.165, 1.54) is 0 Å². The van der Waals surface area contributed by atoms with Gasteiger partial charge in [0.1, 0.15) is 0 Å². The molecule has 5 rings (SSSR count). The van der Waals surface area contributed by atoms with Crippen molar-refractivity contribution in [3.8, 4) is 21.7 Å². The lowest BCUT2D eigenvalue weighted by atomic mass is 10.1. The van der Waals surface area contributed by atoms with Crippen LogP contribution < -0.4 is 5.43 Å². The molecule has 0 atom stereocenters. The zero-order valence-electron chi connectivity index (χ0n) is 15.5. The third-order valence-electron chi connectivity index (χ3n) is 4.70. The quantitative estimate of drug-likeness (QED) is 0.267. The lowest BCUT2D eigenvalue weighted by Crippen LogP contribution is -1.89. The summed E-state index contributed by atoms with van der Waals surface area (Å²) in [5, 5.41) is 6.34. The topological polar surface area (TPSA) is 53.1 Å². The normalized spacial score (nSPS) is 11.3. The van der Waals surface area contributed by atoms with Gasteiger partial charge >= 0.3 is 0 Å². The van der Waals surface area contributed by atoms with Gasteiger partial charge in [-0.15, -0.1) is 0 Å². The predicted molar refractivity (Wildman–Crippen MR) is 123 cm³/mol. The summed E-state index contributed by atoms with van der Waals surface area (Å²) in [6, 6.07) is 28.8. The summed E-state index contributed by atoms with van der Waals surface area (Å²) in [5.41, 5.74) is 8.46. The molecular weight excluding hydrogens is 376 g/mol. The molecule has 5 heteroatoms. The average Bonchev–Trinajstić information content (AvgIpc) is 3.40. The fourth-order valence-corrected chi connectivity index (χ4v) is 4.25. The molecule has 0 spiro atoms. The predicted octanol–water partition coefficient (Wildman–Crippen LogP) is 6.40. The number of H-pyrrole nitrogens is 1. The number of hydrazone groups is 1. The molecule has 2 N–H and O–H groups in total. The first kappa shape index (κ1) is 17.4. The van der Waals surface area contributed by atoms with Crippen molar-refractivity contribution in [1.82, 2.24) is 9.97 Å². The third-order valence-corrected chi connectivity index (χ3v) is 5.70. The highest BCUT2D eigenvalue weighted by Gasteiger charge is 2.14. The van der Waals surface area contributed by atoms with Gasteiger partial charge in [-0.05, 0) is 11.6 Å². The number of aromatic nitrogens is 2. The molecule has 0 unspecified atom stereocenters. The number of rotatable bonds is 5. The Balaban J connectivity index is 1.47. The number of aromatic amines is 1. The zero-order chi connectivity index (χ0) is 19.5. The van der Waals surface area contributed by atoms with Gasteiger partial charge in [-0.1, -0.05) is 90.2 Å². The van der Waals surface area contributed by atoms with Crippen molar-refractivity contribution < 1.29 is 0 Å². The van der Waals surface area contributed by atoms with E-state index in [2.05, 4.69) is 51.9 Å². The van der Waals surface area contributed by atoms with Crippen LogP contribution >= 0.6 is 11.3 Å². The average molecular weight is 395 g/mol. The lowest BCUT2D eigenvalue weighted by Gasteiger charge is -2.02. The Morgan fingerprint density at radius 2 is 1.52 bits per heavy atom. The summed E-state index contributed by atoms with van der Waals surface area (Å²) in [4.78, 5) is 9.21. The fourth-order valence-electron chi connectivity index (χ4n) is 3.30. The fraction of sp³-hybridized carbons (Fsp3) is 0. The minimum atomic E-state index is 0.763. The zero-order valence-corrected chi connectivity index (χ0v) is 16.4. The number of hydrogen-bond donors (Lipinski definition) is 2. The van der Waals surface area contributed by atoms with Gasteiger partial charge in [-0.2, -0.15) is 5.10 Å². The molecule has 0 bridgehead atoms. The first-order valence-electron chi connectivity index (χ1n) is 9.35. The molecule has 29 heavy (non-hydrogen) atoms. The number of para-hydroxylation sites is 1. The first-order valence-corrected chi connectivity index (χ1v) is 10.2. The molecule has 0 aliphatic carbocycles. The third kappa shape index (κ3) is 3.56. The van der Waals surface area contributed by atoms with Gasteiger partial charge in [-0.25, -0.2) is 4.98 Å². The Labute approximate surface area is 172 Å². The highest BCUT2D eigenvalue weighted by atomic mass is 32.1. The summed E-state index contributed by atoms with van der Waals surface area (Å²) >= 11 is 1.60. The molecule has 0 saturated heterocycles. The number of anilines is 1. The number of thiazole rings is 1. The molecule has 0 aliphatic heterocycles. The van der Waals surface area contributed by atoms with Crippen molar-refractivity contribution in [2.24, 2.45) is 5.10 Å². The van der Waals surface area contributed by atoms with Crippen LogP contribution in [0.1, 0.15) is 5.56 Å². The number of hydrogen-bond acceptors (Lipinski definition) is 4. The van der Waals surface area contributed by atoms with Gasteiger partial charge in [0, 0.05) is 28.2 Å². The second-order valence-corrected chi connectivity index (χ2v) is 7.59. The highest BCUT2D eigenvalue weighted by Crippen LogP contribution is 2.38. The van der Waals surface area contributed by atoms with Crippen molar-refractivity contribution in [2.75, 3.05) is 5.43 Å². The summed E-state index contributed by atoms with van der Waals surface area (Å²) in [6.07, 6.45) is 3.78. The molecule has 5 aromatic rings. The van der Waals surface area contributed by atoms with E-state index in [-0.39, 0.29) is 0 Å². The Bertz CT molecular complexity index is 1210. The molecule has 2 aromatic heterocycles. The Hall–Kier alpha value is -3.70.